The van der Waals surface area contributed by atoms with Crippen LogP contribution in [-0.4, -0.2) is 29.3 Å². The highest BCUT2D eigenvalue weighted by Gasteiger charge is 2.08. The van der Waals surface area contributed by atoms with Gasteiger partial charge in [0, 0.05) is 30.9 Å². The van der Waals surface area contributed by atoms with Gasteiger partial charge in [-0.05, 0) is 37.1 Å². The molecule has 0 bridgehead atoms. The fourth-order valence-corrected chi connectivity index (χ4v) is 2.13. The molecule has 0 fully saturated rings. The van der Waals surface area contributed by atoms with E-state index in [2.05, 4.69) is 28.7 Å². The minimum atomic E-state index is 0.667. The summed E-state index contributed by atoms with van der Waals surface area (Å²) in [6.07, 6.45) is 5.94. The third-order valence-corrected chi connectivity index (χ3v) is 2.96. The SMILES string of the molecule is CCCOCCn1cc(CCN)c2cccnc21. The molecule has 2 N–H and O–H groups in total. The van der Waals surface area contributed by atoms with Crippen molar-refractivity contribution in [2.24, 2.45) is 5.73 Å². The van der Waals surface area contributed by atoms with Gasteiger partial charge < -0.3 is 15.0 Å². The number of hydrogen-bond acceptors (Lipinski definition) is 3. The van der Waals surface area contributed by atoms with Crippen LogP contribution in [0.25, 0.3) is 11.0 Å². The molecule has 4 nitrogen and oxygen atoms in total. The number of rotatable bonds is 7. The molecular weight excluding hydrogens is 226 g/mol. The van der Waals surface area contributed by atoms with Gasteiger partial charge in [-0.2, -0.15) is 0 Å². The van der Waals surface area contributed by atoms with E-state index in [0.717, 1.165) is 38.2 Å². The molecule has 2 rings (SSSR count). The van der Waals surface area contributed by atoms with E-state index in [-0.39, 0.29) is 0 Å². The maximum Gasteiger partial charge on any atom is 0.140 e. The molecule has 0 aromatic carbocycles. The number of hydrogen-bond donors (Lipinski definition) is 1. The fourth-order valence-electron chi connectivity index (χ4n) is 2.13. The first kappa shape index (κ1) is 13.1. The van der Waals surface area contributed by atoms with Gasteiger partial charge in [0.1, 0.15) is 5.65 Å². The van der Waals surface area contributed by atoms with Gasteiger partial charge in [-0.25, -0.2) is 4.98 Å². The van der Waals surface area contributed by atoms with Crippen LogP contribution in [0.15, 0.2) is 24.5 Å². The number of ether oxygens (including phenoxy) is 1. The van der Waals surface area contributed by atoms with E-state index in [4.69, 9.17) is 10.5 Å². The van der Waals surface area contributed by atoms with Crippen molar-refractivity contribution in [1.29, 1.82) is 0 Å². The summed E-state index contributed by atoms with van der Waals surface area (Å²) in [6.45, 7) is 5.18. The zero-order valence-electron chi connectivity index (χ0n) is 10.9. The Morgan fingerprint density at radius 3 is 3.06 bits per heavy atom. The molecule has 0 radical (unpaired) electrons. The smallest absolute Gasteiger partial charge is 0.140 e. The van der Waals surface area contributed by atoms with E-state index < -0.39 is 0 Å². The van der Waals surface area contributed by atoms with Crippen LogP contribution in [0.3, 0.4) is 0 Å². The molecule has 0 aliphatic carbocycles. The Morgan fingerprint density at radius 2 is 2.28 bits per heavy atom. The van der Waals surface area contributed by atoms with E-state index in [1.165, 1.54) is 10.9 Å². The van der Waals surface area contributed by atoms with E-state index in [9.17, 15) is 0 Å². The molecule has 0 saturated carbocycles. The lowest BCUT2D eigenvalue weighted by Gasteiger charge is -2.05. The van der Waals surface area contributed by atoms with E-state index in [1.54, 1.807) is 0 Å². The number of aromatic nitrogens is 2. The average molecular weight is 247 g/mol. The first-order chi connectivity index (χ1) is 8.86. The Morgan fingerprint density at radius 1 is 1.39 bits per heavy atom. The molecule has 2 aromatic heterocycles. The first-order valence-electron chi connectivity index (χ1n) is 6.57. The van der Waals surface area contributed by atoms with Crippen molar-refractivity contribution in [2.45, 2.75) is 26.3 Å². The summed E-state index contributed by atoms with van der Waals surface area (Å²) in [4.78, 5) is 4.45. The lowest BCUT2D eigenvalue weighted by molar-refractivity contribution is 0.127. The van der Waals surface area contributed by atoms with Crippen molar-refractivity contribution in [2.75, 3.05) is 19.8 Å². The molecule has 0 spiro atoms. The zero-order chi connectivity index (χ0) is 12.8. The predicted octanol–water partition coefficient (Wildman–Crippen LogP) is 1.96. The van der Waals surface area contributed by atoms with Gasteiger partial charge in [-0.15, -0.1) is 0 Å². The second-order valence-electron chi connectivity index (χ2n) is 4.37. The average Bonchev–Trinajstić information content (AvgIpc) is 2.74. The first-order valence-corrected chi connectivity index (χ1v) is 6.57. The summed E-state index contributed by atoms with van der Waals surface area (Å²) in [5.41, 5.74) is 7.95. The van der Waals surface area contributed by atoms with Crippen LogP contribution in [0.2, 0.25) is 0 Å². The number of nitrogens with two attached hydrogens (primary N) is 1. The highest BCUT2D eigenvalue weighted by Crippen LogP contribution is 2.19. The largest absolute Gasteiger partial charge is 0.380 e. The van der Waals surface area contributed by atoms with Crippen LogP contribution in [0.1, 0.15) is 18.9 Å². The van der Waals surface area contributed by atoms with E-state index in [0.29, 0.717) is 6.54 Å². The third kappa shape index (κ3) is 2.89. The van der Waals surface area contributed by atoms with Crippen LogP contribution in [0.4, 0.5) is 0 Å². The zero-order valence-corrected chi connectivity index (χ0v) is 10.9. The van der Waals surface area contributed by atoms with Gasteiger partial charge in [0.05, 0.1) is 6.61 Å². The molecular formula is C14H21N3O. The molecule has 0 aliphatic heterocycles. The van der Waals surface area contributed by atoms with Crippen molar-refractivity contribution < 1.29 is 4.74 Å². The highest BCUT2D eigenvalue weighted by molar-refractivity contribution is 5.80. The molecule has 98 valence electrons. The molecule has 18 heavy (non-hydrogen) atoms. The fraction of sp³-hybridized carbons (Fsp3) is 0.500. The molecule has 2 aromatic rings. The Hall–Kier alpha value is -1.39. The van der Waals surface area contributed by atoms with Crippen molar-refractivity contribution in [3.63, 3.8) is 0 Å². The summed E-state index contributed by atoms with van der Waals surface area (Å²) in [5, 5.41) is 1.21. The lowest BCUT2D eigenvalue weighted by atomic mass is 10.2. The van der Waals surface area contributed by atoms with Gasteiger partial charge in [-0.3, -0.25) is 0 Å². The second kappa shape index (κ2) is 6.52. The normalized spacial score (nSPS) is 11.2. The standard InChI is InChI=1S/C14H21N3O/c1-2-9-18-10-8-17-11-12(5-6-15)13-4-3-7-16-14(13)17/h3-4,7,11H,2,5-6,8-10,15H2,1H3. The monoisotopic (exact) mass is 247 g/mol. The highest BCUT2D eigenvalue weighted by atomic mass is 16.5. The quantitative estimate of drug-likeness (QED) is 0.761. The van der Waals surface area contributed by atoms with Gasteiger partial charge in [-0.1, -0.05) is 6.92 Å². The number of fused-ring (bicyclic) bond motifs is 1. The van der Waals surface area contributed by atoms with Crippen LogP contribution in [0.5, 0.6) is 0 Å². The Bertz CT molecular complexity index is 493. The molecule has 0 atom stereocenters. The summed E-state index contributed by atoms with van der Waals surface area (Å²) < 4.78 is 7.69. The molecule has 0 saturated heterocycles. The lowest BCUT2D eigenvalue weighted by Crippen LogP contribution is -2.06. The Kier molecular flexibility index (Phi) is 4.73. The summed E-state index contributed by atoms with van der Waals surface area (Å²) >= 11 is 0. The van der Waals surface area contributed by atoms with Gasteiger partial charge in [0.15, 0.2) is 0 Å². The summed E-state index contributed by atoms with van der Waals surface area (Å²) in [6, 6.07) is 4.08. The number of pyridine rings is 1. The van der Waals surface area contributed by atoms with Crippen LogP contribution in [-0.2, 0) is 17.7 Å². The maximum atomic E-state index is 5.65. The van der Waals surface area contributed by atoms with Gasteiger partial charge in [0.25, 0.3) is 0 Å². The van der Waals surface area contributed by atoms with Crippen LogP contribution >= 0.6 is 0 Å². The molecule has 0 unspecified atom stereocenters. The van der Waals surface area contributed by atoms with Crippen molar-refractivity contribution in [1.82, 2.24) is 9.55 Å². The summed E-state index contributed by atoms with van der Waals surface area (Å²) in [5.74, 6) is 0. The van der Waals surface area contributed by atoms with Crippen LogP contribution < -0.4 is 5.73 Å². The Balaban J connectivity index is 2.16. The minimum absolute atomic E-state index is 0.667. The van der Waals surface area contributed by atoms with Crippen molar-refractivity contribution in [3.8, 4) is 0 Å². The Labute approximate surface area is 108 Å². The molecule has 2 heterocycles. The van der Waals surface area contributed by atoms with Gasteiger partial charge in [0.2, 0.25) is 0 Å². The number of nitrogens with zero attached hydrogens (tertiary/aromatic N) is 2. The topological polar surface area (TPSA) is 53.1 Å². The molecule has 0 aliphatic rings. The molecule has 4 heteroatoms. The summed E-state index contributed by atoms with van der Waals surface area (Å²) in [7, 11) is 0. The van der Waals surface area contributed by atoms with Crippen molar-refractivity contribution in [3.05, 3.63) is 30.1 Å². The van der Waals surface area contributed by atoms with Crippen LogP contribution in [0, 0.1) is 0 Å². The minimum Gasteiger partial charge on any atom is -0.380 e. The maximum absolute atomic E-state index is 5.65. The van der Waals surface area contributed by atoms with E-state index >= 15 is 0 Å². The van der Waals surface area contributed by atoms with Crippen molar-refractivity contribution >= 4 is 11.0 Å². The van der Waals surface area contributed by atoms with E-state index in [1.807, 2.05) is 12.3 Å². The van der Waals surface area contributed by atoms with Gasteiger partial charge >= 0.3 is 0 Å². The molecule has 0 amide bonds. The third-order valence-electron chi connectivity index (χ3n) is 2.96. The second-order valence-corrected chi connectivity index (χ2v) is 4.37. The predicted molar refractivity (Wildman–Crippen MR) is 73.6 cm³/mol.